The lowest BCUT2D eigenvalue weighted by Crippen LogP contribution is -2.38. The van der Waals surface area contributed by atoms with E-state index in [1.807, 2.05) is 19.3 Å². The number of aryl methyl sites for hydroxylation is 2. The minimum atomic E-state index is 0.446. The summed E-state index contributed by atoms with van der Waals surface area (Å²) in [5.41, 5.74) is 4.71. The van der Waals surface area contributed by atoms with Crippen molar-refractivity contribution >= 4 is 5.65 Å². The van der Waals surface area contributed by atoms with Crippen molar-refractivity contribution in [1.29, 1.82) is 0 Å². The van der Waals surface area contributed by atoms with Gasteiger partial charge in [0, 0.05) is 55.8 Å². The number of imidazole rings is 1. The van der Waals surface area contributed by atoms with Gasteiger partial charge in [-0.1, -0.05) is 0 Å². The van der Waals surface area contributed by atoms with Crippen molar-refractivity contribution in [2.45, 2.75) is 44.8 Å². The maximum atomic E-state index is 4.66. The predicted octanol–water partition coefficient (Wildman–Crippen LogP) is 2.03. The van der Waals surface area contributed by atoms with Crippen LogP contribution in [0.15, 0.2) is 24.7 Å². The topological polar surface area (TPSA) is 51.2 Å². The van der Waals surface area contributed by atoms with Crippen molar-refractivity contribution in [3.63, 3.8) is 0 Å². The molecule has 2 aliphatic rings. The molecule has 3 aromatic rings. The fraction of sp³-hybridized carbons (Fsp3) is 0.471. The Hall–Kier alpha value is -2.21. The molecule has 2 atom stereocenters. The average Bonchev–Trinajstić information content (AvgIpc) is 3.18. The van der Waals surface area contributed by atoms with E-state index in [1.165, 1.54) is 24.1 Å². The molecule has 5 rings (SSSR count). The molecule has 5 heterocycles. The summed E-state index contributed by atoms with van der Waals surface area (Å²) in [5, 5.41) is 4.66. The molecular weight excluding hydrogens is 288 g/mol. The van der Waals surface area contributed by atoms with Crippen LogP contribution in [0.4, 0.5) is 0 Å². The van der Waals surface area contributed by atoms with E-state index in [4.69, 9.17) is 0 Å². The first-order chi connectivity index (χ1) is 11.2. The molecule has 2 bridgehead atoms. The first kappa shape index (κ1) is 13.2. The summed E-state index contributed by atoms with van der Waals surface area (Å²) in [4.78, 5) is 11.7. The van der Waals surface area contributed by atoms with Crippen molar-refractivity contribution < 1.29 is 0 Å². The normalized spacial score (nSPS) is 23.6. The standard InChI is InChI=1S/C17H20N6/c1-11-7-16-19-9-13-14-4-3-12(8-15(13)23(16)20-11)22(14)10-17-18-5-6-21(17)2/h5-7,9,12,14H,3-4,8,10H2,1-2H3. The molecule has 23 heavy (non-hydrogen) atoms. The molecule has 1 saturated heterocycles. The SMILES string of the molecule is Cc1cc2ncc3c(n2n1)CC1CCC3N1Cc1nccn1C. The van der Waals surface area contributed by atoms with Crippen molar-refractivity contribution in [1.82, 2.24) is 29.0 Å². The van der Waals surface area contributed by atoms with E-state index in [-0.39, 0.29) is 0 Å². The molecule has 0 radical (unpaired) electrons. The largest absolute Gasteiger partial charge is 0.337 e. The van der Waals surface area contributed by atoms with Gasteiger partial charge in [-0.3, -0.25) is 4.90 Å². The molecule has 0 spiro atoms. The first-order valence-electron chi connectivity index (χ1n) is 8.27. The van der Waals surface area contributed by atoms with Gasteiger partial charge in [0.15, 0.2) is 5.65 Å². The predicted molar refractivity (Wildman–Crippen MR) is 85.9 cm³/mol. The Morgan fingerprint density at radius 2 is 2.17 bits per heavy atom. The summed E-state index contributed by atoms with van der Waals surface area (Å²) in [5.74, 6) is 1.13. The third kappa shape index (κ3) is 1.88. The molecule has 2 aliphatic heterocycles. The van der Waals surface area contributed by atoms with Gasteiger partial charge in [0.1, 0.15) is 5.82 Å². The lowest BCUT2D eigenvalue weighted by molar-refractivity contribution is 0.159. The third-order valence-corrected chi connectivity index (χ3v) is 5.41. The van der Waals surface area contributed by atoms with Crippen molar-refractivity contribution in [2.24, 2.45) is 7.05 Å². The Bertz CT molecular complexity index is 892. The molecule has 0 N–H and O–H groups in total. The molecule has 6 heteroatoms. The van der Waals surface area contributed by atoms with Gasteiger partial charge in [-0.25, -0.2) is 14.5 Å². The zero-order chi connectivity index (χ0) is 15.6. The van der Waals surface area contributed by atoms with E-state index in [9.17, 15) is 0 Å². The minimum Gasteiger partial charge on any atom is -0.337 e. The minimum absolute atomic E-state index is 0.446. The van der Waals surface area contributed by atoms with E-state index >= 15 is 0 Å². The maximum absolute atomic E-state index is 4.66. The Balaban J connectivity index is 1.57. The highest BCUT2D eigenvalue weighted by Crippen LogP contribution is 2.44. The first-order valence-corrected chi connectivity index (χ1v) is 8.27. The second-order valence-corrected chi connectivity index (χ2v) is 6.79. The van der Waals surface area contributed by atoms with Crippen LogP contribution in [0.3, 0.4) is 0 Å². The van der Waals surface area contributed by atoms with Crippen molar-refractivity contribution in [2.75, 3.05) is 0 Å². The van der Waals surface area contributed by atoms with Crippen LogP contribution in [0.5, 0.6) is 0 Å². The fourth-order valence-corrected chi connectivity index (χ4v) is 4.26. The maximum Gasteiger partial charge on any atom is 0.155 e. The zero-order valence-corrected chi connectivity index (χ0v) is 13.5. The quantitative estimate of drug-likeness (QED) is 0.727. The molecular formula is C17H20N6. The summed E-state index contributed by atoms with van der Waals surface area (Å²) >= 11 is 0. The molecule has 0 aromatic carbocycles. The highest BCUT2D eigenvalue weighted by Gasteiger charge is 2.41. The molecule has 0 amide bonds. The monoisotopic (exact) mass is 308 g/mol. The summed E-state index contributed by atoms with van der Waals surface area (Å²) in [6.45, 7) is 2.94. The van der Waals surface area contributed by atoms with Gasteiger partial charge in [-0.15, -0.1) is 0 Å². The fourth-order valence-electron chi connectivity index (χ4n) is 4.26. The molecule has 6 nitrogen and oxygen atoms in total. The number of aromatic nitrogens is 5. The number of nitrogens with zero attached hydrogens (tertiary/aromatic N) is 6. The molecule has 2 unspecified atom stereocenters. The summed E-state index contributed by atoms with van der Waals surface area (Å²) < 4.78 is 4.18. The van der Waals surface area contributed by atoms with E-state index in [0.29, 0.717) is 12.1 Å². The van der Waals surface area contributed by atoms with Crippen LogP contribution in [-0.4, -0.2) is 35.1 Å². The second kappa shape index (κ2) is 4.64. The molecule has 118 valence electrons. The van der Waals surface area contributed by atoms with Crippen LogP contribution in [-0.2, 0) is 20.0 Å². The lowest BCUT2D eigenvalue weighted by Gasteiger charge is -2.35. The van der Waals surface area contributed by atoms with Gasteiger partial charge >= 0.3 is 0 Å². The van der Waals surface area contributed by atoms with Crippen LogP contribution in [0.2, 0.25) is 0 Å². The van der Waals surface area contributed by atoms with Crippen LogP contribution < -0.4 is 0 Å². The molecule has 0 saturated carbocycles. The van der Waals surface area contributed by atoms with E-state index in [0.717, 1.165) is 30.1 Å². The summed E-state index contributed by atoms with van der Waals surface area (Å²) in [7, 11) is 2.07. The van der Waals surface area contributed by atoms with Crippen molar-refractivity contribution in [3.8, 4) is 0 Å². The summed E-state index contributed by atoms with van der Waals surface area (Å²) in [6.07, 6.45) is 9.47. The van der Waals surface area contributed by atoms with Gasteiger partial charge in [-0.2, -0.15) is 5.10 Å². The van der Waals surface area contributed by atoms with Crippen LogP contribution in [0.25, 0.3) is 5.65 Å². The van der Waals surface area contributed by atoms with Gasteiger partial charge in [0.25, 0.3) is 0 Å². The van der Waals surface area contributed by atoms with E-state index < -0.39 is 0 Å². The van der Waals surface area contributed by atoms with Crippen LogP contribution in [0, 0.1) is 6.92 Å². The number of hydrogen-bond donors (Lipinski definition) is 0. The van der Waals surface area contributed by atoms with Gasteiger partial charge in [0.2, 0.25) is 0 Å². The van der Waals surface area contributed by atoms with E-state index in [2.05, 4.69) is 48.4 Å². The smallest absolute Gasteiger partial charge is 0.155 e. The number of fused-ring (bicyclic) bond motifs is 6. The second-order valence-electron chi connectivity index (χ2n) is 6.79. The van der Waals surface area contributed by atoms with Gasteiger partial charge in [-0.05, 0) is 19.8 Å². The highest BCUT2D eigenvalue weighted by atomic mass is 15.3. The van der Waals surface area contributed by atoms with Crippen LogP contribution in [0.1, 0.15) is 41.7 Å². The average molecular weight is 308 g/mol. The highest BCUT2D eigenvalue weighted by molar-refractivity contribution is 5.44. The van der Waals surface area contributed by atoms with Gasteiger partial charge < -0.3 is 4.57 Å². The van der Waals surface area contributed by atoms with E-state index in [1.54, 1.807) is 0 Å². The van der Waals surface area contributed by atoms with Gasteiger partial charge in [0.05, 0.1) is 17.9 Å². The number of hydrogen-bond acceptors (Lipinski definition) is 4. The Labute approximate surface area is 134 Å². The molecule has 0 aliphatic carbocycles. The zero-order valence-electron chi connectivity index (χ0n) is 13.5. The molecule has 3 aromatic heterocycles. The van der Waals surface area contributed by atoms with Crippen molar-refractivity contribution in [3.05, 3.63) is 47.4 Å². The van der Waals surface area contributed by atoms with Crippen LogP contribution >= 0.6 is 0 Å². The number of rotatable bonds is 2. The Kier molecular flexibility index (Phi) is 2.68. The molecule has 1 fully saturated rings. The summed E-state index contributed by atoms with van der Waals surface area (Å²) in [6, 6.07) is 3.09. The Morgan fingerprint density at radius 1 is 1.26 bits per heavy atom. The third-order valence-electron chi connectivity index (χ3n) is 5.41. The Morgan fingerprint density at radius 3 is 3.00 bits per heavy atom. The lowest BCUT2D eigenvalue weighted by atomic mass is 9.99.